The van der Waals surface area contributed by atoms with Crippen LogP contribution in [0.1, 0.15) is 42.7 Å². The Kier molecular flexibility index (Phi) is 5.54. The predicted octanol–water partition coefficient (Wildman–Crippen LogP) is 2.61. The fraction of sp³-hybridized carbons (Fsp3) is 0.348. The van der Waals surface area contributed by atoms with Crippen molar-refractivity contribution in [1.29, 1.82) is 0 Å². The smallest absolute Gasteiger partial charge is 0.316 e. The van der Waals surface area contributed by atoms with E-state index in [4.69, 9.17) is 9.47 Å². The van der Waals surface area contributed by atoms with Crippen molar-refractivity contribution in [3.63, 3.8) is 0 Å². The summed E-state index contributed by atoms with van der Waals surface area (Å²) in [7, 11) is 0. The molecule has 1 aliphatic rings. The number of aromatic amines is 1. The summed E-state index contributed by atoms with van der Waals surface area (Å²) in [5, 5.41) is 3.08. The fourth-order valence-corrected chi connectivity index (χ4v) is 3.85. The number of fused-ring (bicyclic) bond motifs is 2. The van der Waals surface area contributed by atoms with Crippen molar-refractivity contribution in [2.45, 2.75) is 33.4 Å². The molecule has 162 valence electrons. The van der Waals surface area contributed by atoms with Gasteiger partial charge in [-0.05, 0) is 48.7 Å². The zero-order chi connectivity index (χ0) is 22.1. The average molecular weight is 423 g/mol. The molecule has 31 heavy (non-hydrogen) atoms. The van der Waals surface area contributed by atoms with Gasteiger partial charge in [-0.15, -0.1) is 0 Å². The van der Waals surface area contributed by atoms with Gasteiger partial charge in [-0.1, -0.05) is 19.9 Å². The maximum absolute atomic E-state index is 13.0. The van der Waals surface area contributed by atoms with Crippen LogP contribution in [0.25, 0.3) is 11.0 Å². The molecular formula is C23H25N3O5. The van der Waals surface area contributed by atoms with Gasteiger partial charge in [0.05, 0.1) is 17.1 Å². The van der Waals surface area contributed by atoms with E-state index < -0.39 is 11.1 Å². The minimum atomic E-state index is -0.705. The summed E-state index contributed by atoms with van der Waals surface area (Å²) in [5.41, 5.74) is 1.03. The highest BCUT2D eigenvalue weighted by Crippen LogP contribution is 2.34. The second-order valence-corrected chi connectivity index (χ2v) is 7.83. The summed E-state index contributed by atoms with van der Waals surface area (Å²) in [4.78, 5) is 39.6. The van der Waals surface area contributed by atoms with E-state index in [1.165, 1.54) is 4.57 Å². The zero-order valence-corrected chi connectivity index (χ0v) is 17.7. The highest BCUT2D eigenvalue weighted by atomic mass is 16.6. The van der Waals surface area contributed by atoms with Crippen molar-refractivity contribution in [3.05, 3.63) is 68.2 Å². The number of benzene rings is 2. The van der Waals surface area contributed by atoms with Crippen LogP contribution in [0.5, 0.6) is 11.5 Å². The predicted molar refractivity (Wildman–Crippen MR) is 117 cm³/mol. The molecule has 2 N–H and O–H groups in total. The Hall–Kier alpha value is -3.55. The molecule has 2 heterocycles. The summed E-state index contributed by atoms with van der Waals surface area (Å²) >= 11 is 0. The normalized spacial score (nSPS) is 13.9. The maximum atomic E-state index is 13.0. The van der Waals surface area contributed by atoms with Gasteiger partial charge in [0.25, 0.3) is 5.91 Å². The van der Waals surface area contributed by atoms with Crippen molar-refractivity contribution in [2.75, 3.05) is 13.2 Å². The molecular weight excluding hydrogens is 398 g/mol. The van der Waals surface area contributed by atoms with Gasteiger partial charge >= 0.3 is 11.1 Å². The Balaban J connectivity index is 1.65. The molecule has 0 unspecified atom stereocenters. The summed E-state index contributed by atoms with van der Waals surface area (Å²) in [6.07, 6.45) is 0. The largest absolute Gasteiger partial charge is 0.486 e. The van der Waals surface area contributed by atoms with Crippen LogP contribution >= 0.6 is 0 Å². The summed E-state index contributed by atoms with van der Waals surface area (Å²) in [5.74, 6) is 1.22. The first-order chi connectivity index (χ1) is 14.9. The van der Waals surface area contributed by atoms with Gasteiger partial charge in [-0.2, -0.15) is 0 Å². The second kappa shape index (κ2) is 8.29. The number of aromatic nitrogens is 2. The minimum absolute atomic E-state index is 0.122. The van der Waals surface area contributed by atoms with Crippen LogP contribution in [-0.2, 0) is 6.54 Å². The van der Waals surface area contributed by atoms with Crippen LogP contribution in [0, 0.1) is 5.92 Å². The average Bonchev–Trinajstić information content (AvgIpc) is 2.77. The van der Waals surface area contributed by atoms with Gasteiger partial charge in [-0.3, -0.25) is 14.4 Å². The van der Waals surface area contributed by atoms with E-state index in [9.17, 15) is 14.4 Å². The maximum Gasteiger partial charge on any atom is 0.316 e. The molecule has 3 aromatic rings. The van der Waals surface area contributed by atoms with E-state index in [1.54, 1.807) is 25.1 Å². The number of H-pyrrole nitrogens is 1. The van der Waals surface area contributed by atoms with Gasteiger partial charge in [-0.25, -0.2) is 0 Å². The second-order valence-electron chi connectivity index (χ2n) is 7.83. The van der Waals surface area contributed by atoms with Gasteiger partial charge in [0, 0.05) is 12.1 Å². The molecule has 0 bridgehead atoms. The molecule has 1 aliphatic heterocycles. The Morgan fingerprint density at radius 2 is 1.84 bits per heavy atom. The Morgan fingerprint density at radius 1 is 1.10 bits per heavy atom. The van der Waals surface area contributed by atoms with Crippen molar-refractivity contribution in [2.24, 2.45) is 5.92 Å². The van der Waals surface area contributed by atoms with E-state index in [-0.39, 0.29) is 17.9 Å². The lowest BCUT2D eigenvalue weighted by Gasteiger charge is -2.25. The van der Waals surface area contributed by atoms with E-state index in [0.717, 1.165) is 5.56 Å². The monoisotopic (exact) mass is 423 g/mol. The SMILES string of the molecule is CCn1c(=O)c(=O)[nH]c2cc(C(=O)N[C@@H](c3ccc4c(c3)OCCO4)C(C)C)ccc21. The van der Waals surface area contributed by atoms with Crippen LogP contribution in [-0.4, -0.2) is 28.7 Å². The number of aryl methyl sites for hydroxylation is 1. The number of rotatable bonds is 5. The third-order valence-electron chi connectivity index (χ3n) is 5.43. The third-order valence-corrected chi connectivity index (χ3v) is 5.43. The first kappa shape index (κ1) is 20.7. The number of ether oxygens (including phenoxy) is 2. The number of hydrogen-bond donors (Lipinski definition) is 2. The zero-order valence-electron chi connectivity index (χ0n) is 17.7. The van der Waals surface area contributed by atoms with E-state index in [2.05, 4.69) is 10.3 Å². The van der Waals surface area contributed by atoms with Crippen molar-refractivity contribution in [1.82, 2.24) is 14.9 Å². The molecule has 2 aromatic carbocycles. The van der Waals surface area contributed by atoms with Crippen LogP contribution in [0.3, 0.4) is 0 Å². The third kappa shape index (κ3) is 3.93. The lowest BCUT2D eigenvalue weighted by Crippen LogP contribution is -2.36. The number of hydrogen-bond acceptors (Lipinski definition) is 5. The molecule has 8 nitrogen and oxygen atoms in total. The van der Waals surface area contributed by atoms with E-state index in [1.807, 2.05) is 32.0 Å². The standard InChI is InChI=1S/C23H25N3O5/c1-4-26-17-7-5-15(11-16(17)24-22(28)23(26)29)21(27)25-20(13(2)3)14-6-8-18-19(12-14)31-10-9-30-18/h5-8,11-13,20H,4,9-10H2,1-3H3,(H,24,28)(H,25,27)/t20-/m1/s1. The number of amides is 1. The van der Waals surface area contributed by atoms with Crippen LogP contribution in [0.2, 0.25) is 0 Å². The molecule has 0 spiro atoms. The van der Waals surface area contributed by atoms with Gasteiger partial charge in [0.1, 0.15) is 13.2 Å². The molecule has 8 heteroatoms. The molecule has 0 saturated heterocycles. The quantitative estimate of drug-likeness (QED) is 0.614. The Labute approximate surface area is 178 Å². The van der Waals surface area contributed by atoms with Gasteiger partial charge in [0.15, 0.2) is 11.5 Å². The van der Waals surface area contributed by atoms with Gasteiger partial charge < -0.3 is 24.3 Å². The highest BCUT2D eigenvalue weighted by molar-refractivity contribution is 5.97. The fourth-order valence-electron chi connectivity index (χ4n) is 3.85. The van der Waals surface area contributed by atoms with E-state index in [0.29, 0.717) is 47.9 Å². The topological polar surface area (TPSA) is 102 Å². The summed E-state index contributed by atoms with van der Waals surface area (Å²) < 4.78 is 12.6. The van der Waals surface area contributed by atoms with Crippen molar-refractivity contribution < 1.29 is 14.3 Å². The molecule has 1 atom stereocenters. The summed E-state index contributed by atoms with van der Waals surface area (Å²) in [6.45, 7) is 7.23. The summed E-state index contributed by atoms with van der Waals surface area (Å²) in [6, 6.07) is 10.4. The first-order valence-corrected chi connectivity index (χ1v) is 10.4. The Bertz CT molecular complexity index is 1260. The molecule has 1 aromatic heterocycles. The van der Waals surface area contributed by atoms with Crippen molar-refractivity contribution in [3.8, 4) is 11.5 Å². The first-order valence-electron chi connectivity index (χ1n) is 10.4. The number of nitrogens with one attached hydrogen (secondary N) is 2. The Morgan fingerprint density at radius 3 is 2.55 bits per heavy atom. The van der Waals surface area contributed by atoms with E-state index >= 15 is 0 Å². The number of nitrogens with zero attached hydrogens (tertiary/aromatic N) is 1. The molecule has 0 aliphatic carbocycles. The lowest BCUT2D eigenvalue weighted by molar-refractivity contribution is 0.0925. The molecule has 1 amide bonds. The van der Waals surface area contributed by atoms with Crippen molar-refractivity contribution >= 4 is 16.9 Å². The lowest BCUT2D eigenvalue weighted by atomic mass is 9.95. The van der Waals surface area contributed by atoms with Crippen LogP contribution in [0.15, 0.2) is 46.0 Å². The number of carbonyl (C=O) groups is 1. The molecule has 4 rings (SSSR count). The molecule has 0 saturated carbocycles. The minimum Gasteiger partial charge on any atom is -0.486 e. The molecule has 0 fully saturated rings. The van der Waals surface area contributed by atoms with Gasteiger partial charge in [0.2, 0.25) is 0 Å². The van der Waals surface area contributed by atoms with Crippen LogP contribution in [0.4, 0.5) is 0 Å². The van der Waals surface area contributed by atoms with Crippen LogP contribution < -0.4 is 25.9 Å². The number of carbonyl (C=O) groups excluding carboxylic acids is 1. The molecule has 0 radical (unpaired) electrons. The highest BCUT2D eigenvalue weighted by Gasteiger charge is 2.22.